The Morgan fingerprint density at radius 1 is 0.917 bits per heavy atom. The lowest BCUT2D eigenvalue weighted by Crippen LogP contribution is -2.51. The van der Waals surface area contributed by atoms with Crippen LogP contribution in [0.4, 0.5) is 22.0 Å². The summed E-state index contributed by atoms with van der Waals surface area (Å²) in [4.78, 5) is 23.3. The van der Waals surface area contributed by atoms with Crippen molar-refractivity contribution in [3.05, 3.63) is 0 Å². The number of alkyl halides is 5. The summed E-state index contributed by atoms with van der Waals surface area (Å²) in [7, 11) is -5.87. The zero-order valence-corrected chi connectivity index (χ0v) is 6.14. The first-order valence-electron chi connectivity index (χ1n) is 2.27. The molecule has 0 fully saturated rings. The smallest absolute Gasteiger partial charge is 0.367 e. The molecule has 0 bridgehead atoms. The molecule has 0 saturated carbocycles. The fourth-order valence-corrected chi connectivity index (χ4v) is 0.690. The third-order valence-corrected chi connectivity index (χ3v) is 1.13. The van der Waals surface area contributed by atoms with Gasteiger partial charge in [-0.1, -0.05) is 0 Å². The highest BCUT2D eigenvalue weighted by Gasteiger charge is 2.64. The molecule has 12 heavy (non-hydrogen) atoms. The van der Waals surface area contributed by atoms with E-state index in [0.29, 0.717) is 0 Å². The summed E-state index contributed by atoms with van der Waals surface area (Å²) < 4.78 is 59.1. The molecule has 0 rings (SSSR count). The number of hydrogen-bond acceptors (Lipinski definition) is 4. The molecule has 0 heterocycles. The molecule has 74 valence electrons. The Kier molecular flexibility index (Phi) is 2.81. The molecule has 0 amide bonds. The SMILES string of the molecule is O[Si](O)(O)OC(F)(F)C(F)(F)F. The minimum atomic E-state index is -6.10. The molecule has 0 aliphatic rings. The van der Waals surface area contributed by atoms with Crippen LogP contribution in [-0.2, 0) is 4.43 Å². The molecule has 0 aromatic rings. The second-order valence-corrected chi connectivity index (χ2v) is 3.04. The highest BCUT2D eigenvalue weighted by molar-refractivity contribution is 6.48. The van der Waals surface area contributed by atoms with Gasteiger partial charge in [-0.15, -0.1) is 0 Å². The Labute approximate surface area is 63.3 Å². The maximum absolute atomic E-state index is 11.6. The van der Waals surface area contributed by atoms with E-state index in [0.717, 1.165) is 0 Å². The van der Waals surface area contributed by atoms with Gasteiger partial charge in [0.2, 0.25) is 0 Å². The summed E-state index contributed by atoms with van der Waals surface area (Å²) in [6, 6.07) is 0. The number of rotatable bonds is 2. The third kappa shape index (κ3) is 3.40. The average Bonchev–Trinajstić information content (AvgIpc) is 1.52. The van der Waals surface area contributed by atoms with E-state index < -0.39 is 21.3 Å². The first-order chi connectivity index (χ1) is 4.96. The fraction of sp³-hybridized carbons (Fsp3) is 1.00. The van der Waals surface area contributed by atoms with Gasteiger partial charge in [0, 0.05) is 0 Å². The molecule has 0 atom stereocenters. The van der Waals surface area contributed by atoms with Gasteiger partial charge >= 0.3 is 21.3 Å². The monoisotopic (exact) mass is 214 g/mol. The third-order valence-electron chi connectivity index (χ3n) is 0.595. The Morgan fingerprint density at radius 2 is 1.25 bits per heavy atom. The highest BCUT2D eigenvalue weighted by Crippen LogP contribution is 2.37. The maximum Gasteiger partial charge on any atom is 0.675 e. The molecule has 0 spiro atoms. The normalized spacial score (nSPS) is 15.0. The fourth-order valence-electron chi connectivity index (χ4n) is 0.230. The molecule has 0 aliphatic heterocycles. The molecule has 0 unspecified atom stereocenters. The predicted octanol–water partition coefficient (Wildman–Crippen LogP) is -0.429. The molecular weight excluding hydrogens is 211 g/mol. The molecule has 10 heteroatoms. The van der Waals surface area contributed by atoms with Gasteiger partial charge in [0.05, 0.1) is 0 Å². The van der Waals surface area contributed by atoms with Gasteiger partial charge in [0.1, 0.15) is 0 Å². The van der Waals surface area contributed by atoms with Crippen molar-refractivity contribution in [1.82, 2.24) is 0 Å². The van der Waals surface area contributed by atoms with Crippen molar-refractivity contribution in [3.63, 3.8) is 0 Å². The number of hydrogen-bond donors (Lipinski definition) is 3. The van der Waals surface area contributed by atoms with Crippen molar-refractivity contribution in [2.24, 2.45) is 0 Å². The summed E-state index contributed by atoms with van der Waals surface area (Å²) in [5, 5.41) is 0. The average molecular weight is 214 g/mol. The summed E-state index contributed by atoms with van der Waals surface area (Å²) in [5.74, 6) is 0. The van der Waals surface area contributed by atoms with E-state index in [2.05, 4.69) is 4.43 Å². The minimum absolute atomic E-state index is 2.34. The van der Waals surface area contributed by atoms with Crippen LogP contribution in [0.3, 0.4) is 0 Å². The standard InChI is InChI=1S/C2H3F5O4Si/c3-1(4,5)2(6,7)11-12(8,9)10/h8-10H. The van der Waals surface area contributed by atoms with Crippen molar-refractivity contribution >= 4 is 9.05 Å². The Hall–Kier alpha value is -0.293. The molecule has 0 saturated heterocycles. The lowest BCUT2D eigenvalue weighted by atomic mass is 10.6. The zero-order valence-electron chi connectivity index (χ0n) is 5.14. The van der Waals surface area contributed by atoms with E-state index in [9.17, 15) is 22.0 Å². The molecular formula is C2H3F5O4Si. The highest BCUT2D eigenvalue weighted by atomic mass is 28.4. The maximum atomic E-state index is 11.6. The Balaban J connectivity index is 4.44. The van der Waals surface area contributed by atoms with Gasteiger partial charge in [-0.05, 0) is 0 Å². The van der Waals surface area contributed by atoms with Crippen LogP contribution < -0.4 is 0 Å². The van der Waals surface area contributed by atoms with Crippen molar-refractivity contribution in [3.8, 4) is 0 Å². The van der Waals surface area contributed by atoms with E-state index in [1.54, 1.807) is 0 Å². The summed E-state index contributed by atoms with van der Waals surface area (Å²) in [5.41, 5.74) is 0. The quantitative estimate of drug-likeness (QED) is 0.431. The Bertz CT molecular complexity index is 160. The molecule has 3 N–H and O–H groups in total. The molecule has 4 nitrogen and oxygen atoms in total. The van der Waals surface area contributed by atoms with Crippen molar-refractivity contribution in [2.45, 2.75) is 12.3 Å². The van der Waals surface area contributed by atoms with Crippen molar-refractivity contribution in [2.75, 3.05) is 0 Å². The summed E-state index contributed by atoms with van der Waals surface area (Å²) in [6.45, 7) is 0. The molecule has 0 aromatic carbocycles. The molecule has 0 radical (unpaired) electrons. The predicted molar refractivity (Wildman–Crippen MR) is 24.5 cm³/mol. The van der Waals surface area contributed by atoms with Crippen molar-refractivity contribution < 1.29 is 40.8 Å². The van der Waals surface area contributed by atoms with E-state index in [4.69, 9.17) is 14.4 Å². The minimum Gasteiger partial charge on any atom is -0.367 e. The zero-order chi connectivity index (χ0) is 10.2. The van der Waals surface area contributed by atoms with Crippen LogP contribution in [0.5, 0.6) is 0 Å². The van der Waals surface area contributed by atoms with Crippen LogP contribution in [0.2, 0.25) is 0 Å². The first kappa shape index (κ1) is 11.7. The second-order valence-electron chi connectivity index (χ2n) is 1.69. The van der Waals surface area contributed by atoms with Gasteiger partial charge in [0.25, 0.3) is 0 Å². The van der Waals surface area contributed by atoms with Crippen LogP contribution in [-0.4, -0.2) is 35.7 Å². The van der Waals surface area contributed by atoms with Crippen LogP contribution in [0.15, 0.2) is 0 Å². The molecule has 0 aliphatic carbocycles. The topological polar surface area (TPSA) is 69.9 Å². The van der Waals surface area contributed by atoms with E-state index in [1.165, 1.54) is 0 Å². The lowest BCUT2D eigenvalue weighted by Gasteiger charge is -2.21. The van der Waals surface area contributed by atoms with Crippen LogP contribution in [0.25, 0.3) is 0 Å². The lowest BCUT2D eigenvalue weighted by molar-refractivity contribution is -0.376. The van der Waals surface area contributed by atoms with E-state index in [1.807, 2.05) is 0 Å². The van der Waals surface area contributed by atoms with E-state index >= 15 is 0 Å². The van der Waals surface area contributed by atoms with Gasteiger partial charge in [-0.2, -0.15) is 22.0 Å². The van der Waals surface area contributed by atoms with Gasteiger partial charge in [0.15, 0.2) is 0 Å². The van der Waals surface area contributed by atoms with Crippen molar-refractivity contribution in [1.29, 1.82) is 0 Å². The van der Waals surface area contributed by atoms with Crippen LogP contribution in [0, 0.1) is 0 Å². The van der Waals surface area contributed by atoms with Gasteiger partial charge < -0.3 is 14.4 Å². The van der Waals surface area contributed by atoms with E-state index in [-0.39, 0.29) is 0 Å². The van der Waals surface area contributed by atoms with Crippen LogP contribution >= 0.6 is 0 Å². The molecule has 0 aromatic heterocycles. The second kappa shape index (κ2) is 2.88. The summed E-state index contributed by atoms with van der Waals surface area (Å²) in [6.07, 6.45) is -11.9. The van der Waals surface area contributed by atoms with Gasteiger partial charge in [-0.3, -0.25) is 4.43 Å². The Morgan fingerprint density at radius 3 is 1.33 bits per heavy atom. The van der Waals surface area contributed by atoms with Crippen LogP contribution in [0.1, 0.15) is 0 Å². The first-order valence-corrected chi connectivity index (χ1v) is 4.02. The summed E-state index contributed by atoms with van der Waals surface area (Å²) >= 11 is 0. The largest absolute Gasteiger partial charge is 0.675 e. The number of halogens is 5. The van der Waals surface area contributed by atoms with Gasteiger partial charge in [-0.25, -0.2) is 0 Å².